The lowest BCUT2D eigenvalue weighted by atomic mass is 10.00. The molecular formula is C28H27N5O2S. The SMILES string of the molecule is COCC(=O)Nc1ccc(N2C(=S)N[C@H](c3ccccn3)[C@@H]2c2cccn2-c2ccccc2)cc1C. The van der Waals surface area contributed by atoms with Crippen LogP contribution in [0.4, 0.5) is 11.4 Å². The van der Waals surface area contributed by atoms with Gasteiger partial charge in [-0.25, -0.2) is 0 Å². The van der Waals surface area contributed by atoms with Gasteiger partial charge in [0.15, 0.2) is 5.11 Å². The predicted octanol–water partition coefficient (Wildman–Crippen LogP) is 4.94. The number of benzene rings is 2. The number of nitrogens with zero attached hydrogens (tertiary/aromatic N) is 3. The van der Waals surface area contributed by atoms with Crippen molar-refractivity contribution in [1.29, 1.82) is 0 Å². The molecular weight excluding hydrogens is 470 g/mol. The highest BCUT2D eigenvalue weighted by molar-refractivity contribution is 7.80. The third kappa shape index (κ3) is 4.60. The van der Waals surface area contributed by atoms with E-state index in [1.807, 2.05) is 61.5 Å². The van der Waals surface area contributed by atoms with E-state index < -0.39 is 0 Å². The number of thiocarbonyl (C=S) groups is 1. The molecule has 0 saturated carbocycles. The molecule has 5 rings (SSSR count). The minimum Gasteiger partial charge on any atom is -0.375 e. The van der Waals surface area contributed by atoms with E-state index in [9.17, 15) is 4.79 Å². The van der Waals surface area contributed by atoms with Crippen molar-refractivity contribution >= 4 is 34.6 Å². The van der Waals surface area contributed by atoms with Crippen LogP contribution in [0.2, 0.25) is 0 Å². The molecule has 0 spiro atoms. The number of carbonyl (C=O) groups excluding carboxylic acids is 1. The summed E-state index contributed by atoms with van der Waals surface area (Å²) >= 11 is 5.88. The van der Waals surface area contributed by atoms with Crippen molar-refractivity contribution in [3.05, 3.63) is 108 Å². The number of nitrogens with one attached hydrogen (secondary N) is 2. The zero-order valence-corrected chi connectivity index (χ0v) is 20.9. The maximum atomic E-state index is 12.1. The topological polar surface area (TPSA) is 71.4 Å². The van der Waals surface area contributed by atoms with Crippen LogP contribution in [0, 0.1) is 6.92 Å². The summed E-state index contributed by atoms with van der Waals surface area (Å²) < 4.78 is 7.13. The largest absolute Gasteiger partial charge is 0.375 e. The molecule has 2 aromatic heterocycles. The monoisotopic (exact) mass is 497 g/mol. The summed E-state index contributed by atoms with van der Waals surface area (Å²) in [6.07, 6.45) is 3.87. The minimum atomic E-state index is -0.194. The number of rotatable bonds is 7. The number of ether oxygens (including phenoxy) is 1. The van der Waals surface area contributed by atoms with Gasteiger partial charge in [-0.3, -0.25) is 9.78 Å². The van der Waals surface area contributed by atoms with Crippen LogP contribution < -0.4 is 15.5 Å². The number of hydrogen-bond acceptors (Lipinski definition) is 4. The number of methoxy groups -OCH3 is 1. The highest BCUT2D eigenvalue weighted by Gasteiger charge is 2.42. The molecule has 1 amide bonds. The molecule has 3 heterocycles. The van der Waals surface area contributed by atoms with Crippen LogP contribution in [0.15, 0.2) is 91.3 Å². The first-order valence-corrected chi connectivity index (χ1v) is 12.1. The van der Waals surface area contributed by atoms with Crippen LogP contribution >= 0.6 is 12.2 Å². The summed E-state index contributed by atoms with van der Waals surface area (Å²) in [7, 11) is 1.50. The van der Waals surface area contributed by atoms with Crippen molar-refractivity contribution < 1.29 is 9.53 Å². The normalized spacial score (nSPS) is 17.2. The van der Waals surface area contributed by atoms with Gasteiger partial charge in [0.05, 0.1) is 11.7 Å². The Kier molecular flexibility index (Phi) is 6.79. The van der Waals surface area contributed by atoms with Crippen LogP contribution in [0.3, 0.4) is 0 Å². The van der Waals surface area contributed by atoms with Crippen molar-refractivity contribution in [2.45, 2.75) is 19.0 Å². The Bertz CT molecular complexity index is 1370. The van der Waals surface area contributed by atoms with Crippen LogP contribution in [0.25, 0.3) is 5.69 Å². The van der Waals surface area contributed by atoms with E-state index in [4.69, 9.17) is 17.0 Å². The Morgan fingerprint density at radius 2 is 1.86 bits per heavy atom. The average molecular weight is 498 g/mol. The molecule has 1 aliphatic heterocycles. The van der Waals surface area contributed by atoms with Gasteiger partial charge in [-0.15, -0.1) is 0 Å². The highest BCUT2D eigenvalue weighted by atomic mass is 32.1. The second-order valence-electron chi connectivity index (χ2n) is 8.62. The van der Waals surface area contributed by atoms with Crippen LogP contribution in [-0.2, 0) is 9.53 Å². The zero-order valence-electron chi connectivity index (χ0n) is 20.1. The van der Waals surface area contributed by atoms with Gasteiger partial charge in [0.25, 0.3) is 0 Å². The Morgan fingerprint density at radius 1 is 1.06 bits per heavy atom. The standard InChI is InChI=1S/C28H27N5O2S/c1-19-17-21(13-14-22(19)30-25(34)18-35-2)33-27(26(31-28(33)36)23-11-6-7-15-29-23)24-12-8-16-32(24)20-9-4-3-5-10-20/h3-17,26-27H,18H2,1-2H3,(H,30,34)(H,31,36)/t26-,27+/m1/s1. The molecule has 0 unspecified atom stereocenters. The van der Waals surface area contributed by atoms with E-state index in [1.165, 1.54) is 7.11 Å². The van der Waals surface area contributed by atoms with Gasteiger partial charge in [0, 0.05) is 42.3 Å². The van der Waals surface area contributed by atoms with Gasteiger partial charge in [0.1, 0.15) is 12.6 Å². The predicted molar refractivity (Wildman–Crippen MR) is 145 cm³/mol. The van der Waals surface area contributed by atoms with Crippen molar-refractivity contribution in [3.63, 3.8) is 0 Å². The van der Waals surface area contributed by atoms with Gasteiger partial charge in [-0.1, -0.05) is 24.3 Å². The van der Waals surface area contributed by atoms with Crippen molar-refractivity contribution in [2.75, 3.05) is 23.9 Å². The van der Waals surface area contributed by atoms with E-state index in [0.29, 0.717) is 5.11 Å². The van der Waals surface area contributed by atoms with Crippen molar-refractivity contribution in [3.8, 4) is 5.69 Å². The first-order valence-electron chi connectivity index (χ1n) is 11.7. The summed E-state index contributed by atoms with van der Waals surface area (Å²) in [6, 6.07) is 26.0. The Balaban J connectivity index is 1.58. The fraction of sp³-hybridized carbons (Fsp3) is 0.179. The molecule has 182 valence electrons. The van der Waals surface area contributed by atoms with Gasteiger partial charge < -0.3 is 24.8 Å². The zero-order chi connectivity index (χ0) is 25.1. The number of carbonyl (C=O) groups is 1. The van der Waals surface area contributed by atoms with Crippen LogP contribution in [0.1, 0.15) is 29.0 Å². The summed E-state index contributed by atoms with van der Waals surface area (Å²) in [6.45, 7) is 1.97. The van der Waals surface area contributed by atoms with E-state index >= 15 is 0 Å². The second-order valence-corrected chi connectivity index (χ2v) is 9.00. The second kappa shape index (κ2) is 10.3. The molecule has 8 heteroatoms. The number of anilines is 2. The Hall–Kier alpha value is -4.01. The lowest BCUT2D eigenvalue weighted by molar-refractivity contribution is -0.119. The molecule has 2 aromatic carbocycles. The molecule has 36 heavy (non-hydrogen) atoms. The number of para-hydroxylation sites is 1. The summed E-state index contributed by atoms with van der Waals surface area (Å²) in [5, 5.41) is 7.03. The van der Waals surface area contributed by atoms with E-state index in [2.05, 4.69) is 55.5 Å². The molecule has 2 N–H and O–H groups in total. The first-order chi connectivity index (χ1) is 17.6. The molecule has 0 bridgehead atoms. The van der Waals surface area contributed by atoms with Crippen molar-refractivity contribution in [1.82, 2.24) is 14.9 Å². The quantitative estimate of drug-likeness (QED) is 0.353. The van der Waals surface area contributed by atoms with Gasteiger partial charge in [-0.05, 0) is 79.3 Å². The first kappa shape index (κ1) is 23.7. The lowest BCUT2D eigenvalue weighted by Crippen LogP contribution is -2.30. The number of pyridine rings is 1. The fourth-order valence-electron chi connectivity index (χ4n) is 4.65. The highest BCUT2D eigenvalue weighted by Crippen LogP contribution is 2.42. The molecule has 4 aromatic rings. The van der Waals surface area contributed by atoms with E-state index in [1.54, 1.807) is 6.20 Å². The van der Waals surface area contributed by atoms with Gasteiger partial charge in [0.2, 0.25) is 5.91 Å². The molecule has 0 radical (unpaired) electrons. The summed E-state index contributed by atoms with van der Waals surface area (Å²) in [5.74, 6) is -0.194. The number of amides is 1. The summed E-state index contributed by atoms with van der Waals surface area (Å²) in [5.41, 5.74) is 5.66. The van der Waals surface area contributed by atoms with Crippen LogP contribution in [0.5, 0.6) is 0 Å². The molecule has 0 aliphatic carbocycles. The third-order valence-corrected chi connectivity index (χ3v) is 6.57. The lowest BCUT2D eigenvalue weighted by Gasteiger charge is -2.29. The number of aryl methyl sites for hydroxylation is 1. The molecule has 7 nitrogen and oxygen atoms in total. The maximum Gasteiger partial charge on any atom is 0.250 e. The molecule has 1 fully saturated rings. The molecule has 1 saturated heterocycles. The third-order valence-electron chi connectivity index (χ3n) is 6.25. The minimum absolute atomic E-state index is 0.00558. The molecule has 2 atom stereocenters. The summed E-state index contributed by atoms with van der Waals surface area (Å²) in [4.78, 5) is 18.8. The Morgan fingerprint density at radius 3 is 2.58 bits per heavy atom. The van der Waals surface area contributed by atoms with Crippen molar-refractivity contribution in [2.24, 2.45) is 0 Å². The number of aromatic nitrogens is 2. The van der Waals surface area contributed by atoms with Gasteiger partial charge >= 0.3 is 0 Å². The Labute approximate surface area is 215 Å². The van der Waals surface area contributed by atoms with Gasteiger partial charge in [-0.2, -0.15) is 0 Å². The molecule has 1 aliphatic rings. The van der Waals surface area contributed by atoms with Crippen LogP contribution in [-0.4, -0.2) is 34.3 Å². The average Bonchev–Trinajstić information content (AvgIpc) is 3.51. The maximum absolute atomic E-state index is 12.1. The van der Waals surface area contributed by atoms with E-state index in [0.717, 1.165) is 34.0 Å². The fourth-order valence-corrected chi connectivity index (χ4v) is 4.99. The van der Waals surface area contributed by atoms with E-state index in [-0.39, 0.29) is 24.6 Å². The smallest absolute Gasteiger partial charge is 0.250 e. The number of hydrogen-bond donors (Lipinski definition) is 2.